The van der Waals surface area contributed by atoms with Crippen molar-refractivity contribution in [2.45, 2.75) is 82.0 Å². The van der Waals surface area contributed by atoms with Crippen molar-refractivity contribution in [3.8, 4) is 0 Å². The van der Waals surface area contributed by atoms with E-state index in [4.69, 9.17) is 26.1 Å². The van der Waals surface area contributed by atoms with Gasteiger partial charge in [-0.25, -0.2) is 4.79 Å². The number of piperidine rings is 1. The molecule has 3 aromatic rings. The molecule has 0 aliphatic carbocycles. The van der Waals surface area contributed by atoms with Gasteiger partial charge in [-0.3, -0.25) is 14.6 Å². The lowest BCUT2D eigenvalue weighted by molar-refractivity contribution is -0.192. The lowest BCUT2D eigenvalue weighted by Gasteiger charge is -2.31. The number of hydrogen-bond acceptors (Lipinski definition) is 6. The number of hydrogen-bond donors (Lipinski definition) is 5. The van der Waals surface area contributed by atoms with E-state index in [0.717, 1.165) is 56.2 Å². The quantitative estimate of drug-likeness (QED) is 0.108. The van der Waals surface area contributed by atoms with Crippen LogP contribution < -0.4 is 22.1 Å². The Hall–Kier alpha value is -4.69. The maximum atomic E-state index is 14.3. The van der Waals surface area contributed by atoms with E-state index in [1.165, 1.54) is 10.8 Å². The van der Waals surface area contributed by atoms with E-state index in [9.17, 15) is 22.8 Å². The normalized spacial score (nSPS) is 19.6. The fraction of sp³-hybridized carbons (Fsp3) is 0.444. The molecule has 0 saturated carbocycles. The number of alkyl halides is 3. The van der Waals surface area contributed by atoms with Crippen molar-refractivity contribution in [1.82, 2.24) is 15.5 Å². The first-order valence-electron chi connectivity index (χ1n) is 16.7. The van der Waals surface area contributed by atoms with E-state index in [2.05, 4.69) is 46.0 Å². The maximum Gasteiger partial charge on any atom is 0.490 e. The highest BCUT2D eigenvalue weighted by Crippen LogP contribution is 2.27. The van der Waals surface area contributed by atoms with E-state index in [1.54, 1.807) is 0 Å². The number of nitrogens with one attached hydrogen (secondary N) is 2. The van der Waals surface area contributed by atoms with Gasteiger partial charge in [0.25, 0.3) is 0 Å². The topological polar surface area (TPSA) is 172 Å². The molecule has 2 heterocycles. The van der Waals surface area contributed by atoms with Crippen LogP contribution in [0.1, 0.15) is 49.7 Å². The first-order valence-corrected chi connectivity index (χ1v) is 16.7. The van der Waals surface area contributed by atoms with E-state index in [1.807, 2.05) is 47.4 Å². The number of aliphatic carboxylic acids is 1. The molecule has 2 fully saturated rings. The summed E-state index contributed by atoms with van der Waals surface area (Å²) in [7, 11) is 0. The highest BCUT2D eigenvalue weighted by atomic mass is 19.4. The third-order valence-electron chi connectivity index (χ3n) is 8.72. The number of carbonyl (C=O) groups excluding carboxylic acids is 2. The van der Waals surface area contributed by atoms with Crippen LogP contribution in [-0.4, -0.2) is 83.8 Å². The maximum absolute atomic E-state index is 14.3. The predicted molar refractivity (Wildman–Crippen MR) is 184 cm³/mol. The highest BCUT2D eigenvalue weighted by molar-refractivity contribution is 5.90. The molecule has 3 aromatic carbocycles. The van der Waals surface area contributed by atoms with E-state index < -0.39 is 18.2 Å². The van der Waals surface area contributed by atoms with Crippen molar-refractivity contribution < 1.29 is 37.4 Å². The molecule has 270 valence electrons. The minimum Gasteiger partial charge on any atom is -0.475 e. The molecule has 0 bridgehead atoms. The molecule has 0 spiro atoms. The summed E-state index contributed by atoms with van der Waals surface area (Å²) in [6.45, 7) is 2.26. The third-order valence-corrected chi connectivity index (χ3v) is 8.72. The van der Waals surface area contributed by atoms with Crippen molar-refractivity contribution in [2.24, 2.45) is 16.5 Å². The summed E-state index contributed by atoms with van der Waals surface area (Å²) in [4.78, 5) is 42.5. The Bertz CT molecular complexity index is 1600. The highest BCUT2D eigenvalue weighted by Gasteiger charge is 2.40. The molecule has 14 heteroatoms. The number of carboxylic acid groups (broad SMARTS) is 1. The monoisotopic (exact) mass is 698 g/mol. The van der Waals surface area contributed by atoms with Gasteiger partial charge in [-0.05, 0) is 66.6 Å². The number of likely N-dealkylation sites (tertiary alicyclic amines) is 1. The summed E-state index contributed by atoms with van der Waals surface area (Å²) in [5.41, 5.74) is 13.2. The number of guanidine groups is 1. The number of nitrogens with zero attached hydrogens (tertiary/aromatic N) is 2. The van der Waals surface area contributed by atoms with Crippen molar-refractivity contribution >= 4 is 34.5 Å². The second kappa shape index (κ2) is 18.3. The molecule has 11 nitrogen and oxygen atoms in total. The van der Waals surface area contributed by atoms with Gasteiger partial charge in [0.2, 0.25) is 11.8 Å². The number of amides is 2. The second-order valence-electron chi connectivity index (χ2n) is 12.5. The average molecular weight is 699 g/mol. The summed E-state index contributed by atoms with van der Waals surface area (Å²) < 4.78 is 38.1. The Morgan fingerprint density at radius 2 is 1.70 bits per heavy atom. The number of benzene rings is 3. The summed E-state index contributed by atoms with van der Waals surface area (Å²) in [5, 5.41) is 15.9. The van der Waals surface area contributed by atoms with Crippen molar-refractivity contribution in [1.29, 1.82) is 0 Å². The number of carboxylic acids is 1. The first-order chi connectivity index (χ1) is 23.9. The smallest absolute Gasteiger partial charge is 0.475 e. The molecular weight excluding hydrogens is 653 g/mol. The lowest BCUT2D eigenvalue weighted by atomic mass is 10.0. The molecule has 5 rings (SSSR count). The summed E-state index contributed by atoms with van der Waals surface area (Å²) in [6, 6.07) is 23.5. The standard InChI is InChI=1S/C34H44N6O3.C2HF3O2/c35-34(36)38-18-8-13-28-21-29(43-23-25-15-16-26-11-4-5-12-27(26)19-25)22-40(28)33(42)31(20-24-9-2-1-3-10-24)39-32(41)30-14-6-7-17-37-30;3-2(4,5)1(6)7/h1-5,9-12,15-16,19,28-31,37H,6-8,13-14,17-18,20-23H2,(H,39,41)(H4,35,36,38);(H,6,7)/t28-,29+,30+,31-;/m1./s1. The number of fused-ring (bicyclic) bond motifs is 1. The molecule has 2 saturated heterocycles. The number of carbonyl (C=O) groups is 3. The van der Waals surface area contributed by atoms with Crippen LogP contribution in [0.5, 0.6) is 0 Å². The van der Waals surface area contributed by atoms with Gasteiger partial charge in [0.05, 0.1) is 18.8 Å². The van der Waals surface area contributed by atoms with E-state index in [0.29, 0.717) is 26.1 Å². The van der Waals surface area contributed by atoms with Crippen LogP contribution in [0.15, 0.2) is 77.8 Å². The summed E-state index contributed by atoms with van der Waals surface area (Å²) >= 11 is 0. The Balaban J connectivity index is 0.000000727. The van der Waals surface area contributed by atoms with Crippen molar-refractivity contribution in [2.75, 3.05) is 19.6 Å². The Kier molecular flexibility index (Phi) is 14.0. The number of ether oxygens (including phenoxy) is 1. The van der Waals surface area contributed by atoms with Crippen LogP contribution in [0.25, 0.3) is 10.8 Å². The molecule has 2 amide bonds. The fourth-order valence-electron chi connectivity index (χ4n) is 6.21. The molecule has 2 aliphatic rings. The fourth-order valence-corrected chi connectivity index (χ4v) is 6.21. The number of nitrogens with two attached hydrogens (primary N) is 2. The summed E-state index contributed by atoms with van der Waals surface area (Å²) in [5.74, 6) is -2.87. The van der Waals surface area contributed by atoms with E-state index in [-0.39, 0.29) is 36.0 Å². The van der Waals surface area contributed by atoms with Gasteiger partial charge < -0.3 is 36.8 Å². The largest absolute Gasteiger partial charge is 0.490 e. The van der Waals surface area contributed by atoms with Gasteiger partial charge in [-0.2, -0.15) is 13.2 Å². The van der Waals surface area contributed by atoms with Gasteiger partial charge in [-0.15, -0.1) is 0 Å². The first kappa shape index (κ1) is 38.1. The van der Waals surface area contributed by atoms with Gasteiger partial charge in [0, 0.05) is 25.6 Å². The van der Waals surface area contributed by atoms with Gasteiger partial charge in [0.1, 0.15) is 6.04 Å². The predicted octanol–water partition coefficient (Wildman–Crippen LogP) is 3.88. The van der Waals surface area contributed by atoms with Crippen LogP contribution in [0.3, 0.4) is 0 Å². The average Bonchev–Trinajstić information content (AvgIpc) is 3.52. The number of rotatable bonds is 12. The SMILES string of the molecule is NC(N)=NCCC[C@@H]1C[C@H](OCc2ccc3ccccc3c2)CN1C(=O)[C@@H](Cc1ccccc1)NC(=O)[C@@H]1CCCCN1.O=C(O)C(F)(F)F. The molecule has 0 radical (unpaired) electrons. The molecule has 50 heavy (non-hydrogen) atoms. The van der Waals surface area contributed by atoms with Crippen LogP contribution in [0.2, 0.25) is 0 Å². The molecule has 0 unspecified atom stereocenters. The van der Waals surface area contributed by atoms with Crippen molar-refractivity contribution in [3.63, 3.8) is 0 Å². The van der Waals surface area contributed by atoms with Crippen LogP contribution >= 0.6 is 0 Å². The molecular formula is C36H45F3N6O5. The van der Waals surface area contributed by atoms with Crippen LogP contribution in [-0.2, 0) is 32.1 Å². The number of halogens is 3. The van der Waals surface area contributed by atoms with Gasteiger partial charge >= 0.3 is 12.1 Å². The van der Waals surface area contributed by atoms with Gasteiger partial charge in [0.15, 0.2) is 5.96 Å². The van der Waals surface area contributed by atoms with Gasteiger partial charge in [-0.1, -0.05) is 73.2 Å². The Morgan fingerprint density at radius 3 is 2.36 bits per heavy atom. The second-order valence-corrected chi connectivity index (χ2v) is 12.5. The minimum absolute atomic E-state index is 0.0358. The molecule has 7 N–H and O–H groups in total. The zero-order chi connectivity index (χ0) is 36.1. The Morgan fingerprint density at radius 1 is 1.00 bits per heavy atom. The molecule has 4 atom stereocenters. The minimum atomic E-state index is -5.08. The van der Waals surface area contributed by atoms with Crippen LogP contribution in [0, 0.1) is 0 Å². The van der Waals surface area contributed by atoms with E-state index >= 15 is 0 Å². The Labute approximate surface area is 289 Å². The zero-order valence-corrected chi connectivity index (χ0v) is 27.8. The summed E-state index contributed by atoms with van der Waals surface area (Å²) in [6.07, 6.45) is 0.278. The molecule has 0 aromatic heterocycles. The van der Waals surface area contributed by atoms with Crippen LogP contribution in [0.4, 0.5) is 13.2 Å². The van der Waals surface area contributed by atoms with Crippen molar-refractivity contribution in [3.05, 3.63) is 83.9 Å². The number of aliphatic imine (C=N–C) groups is 1. The molecule has 2 aliphatic heterocycles. The zero-order valence-electron chi connectivity index (χ0n) is 27.8. The third kappa shape index (κ3) is 11.7. The lowest BCUT2D eigenvalue weighted by Crippen LogP contribution is -2.56.